The molecule has 0 radical (unpaired) electrons. The molecular weight excluding hydrogens is 303 g/mol. The molecule has 0 saturated carbocycles. The largest absolute Gasteiger partial charge is 0.349 e. The predicted octanol–water partition coefficient (Wildman–Crippen LogP) is 4.05. The first-order chi connectivity index (χ1) is 11.3. The molecule has 1 saturated heterocycles. The monoisotopic (exact) mass is 334 g/mol. The molecule has 0 spiro atoms. The van der Waals surface area contributed by atoms with Gasteiger partial charge in [-0.2, -0.15) is 0 Å². The molecule has 1 aromatic rings. The van der Waals surface area contributed by atoms with Crippen molar-refractivity contribution in [2.24, 2.45) is 17.3 Å². The molecule has 2 atom stereocenters. The lowest BCUT2D eigenvalue weighted by atomic mass is 9.81. The summed E-state index contributed by atoms with van der Waals surface area (Å²) in [5, 5.41) is 6.56. The van der Waals surface area contributed by atoms with Gasteiger partial charge in [-0.25, -0.2) is 4.39 Å². The molecule has 0 aromatic heterocycles. The Morgan fingerprint density at radius 2 is 1.83 bits per heavy atom. The minimum Gasteiger partial charge on any atom is -0.349 e. The molecule has 134 valence electrons. The fourth-order valence-electron chi connectivity index (χ4n) is 3.55. The first kappa shape index (κ1) is 18.9. The number of piperidine rings is 1. The van der Waals surface area contributed by atoms with Crippen molar-refractivity contribution in [1.82, 2.24) is 10.6 Å². The van der Waals surface area contributed by atoms with Crippen LogP contribution in [0.5, 0.6) is 0 Å². The van der Waals surface area contributed by atoms with Crippen molar-refractivity contribution in [3.05, 3.63) is 35.6 Å². The number of halogens is 1. The molecule has 24 heavy (non-hydrogen) atoms. The number of rotatable bonds is 5. The molecule has 0 bridgehead atoms. The second-order valence-electron chi connectivity index (χ2n) is 8.19. The van der Waals surface area contributed by atoms with Crippen LogP contribution in [0, 0.1) is 23.1 Å². The topological polar surface area (TPSA) is 41.1 Å². The third-order valence-electron chi connectivity index (χ3n) is 5.07. The smallest absolute Gasteiger partial charge is 0.220 e. The summed E-state index contributed by atoms with van der Waals surface area (Å²) in [7, 11) is 0. The molecule has 1 heterocycles. The molecule has 1 aliphatic heterocycles. The van der Waals surface area contributed by atoms with E-state index in [1.54, 1.807) is 12.1 Å². The molecule has 4 heteroatoms. The van der Waals surface area contributed by atoms with Gasteiger partial charge in [-0.1, -0.05) is 39.8 Å². The molecule has 1 aromatic carbocycles. The average molecular weight is 334 g/mol. The van der Waals surface area contributed by atoms with Gasteiger partial charge in [-0.15, -0.1) is 0 Å². The normalized spacial score (nSPS) is 18.9. The highest BCUT2D eigenvalue weighted by molar-refractivity contribution is 5.76. The number of benzene rings is 1. The van der Waals surface area contributed by atoms with Crippen LogP contribution in [0.15, 0.2) is 24.3 Å². The van der Waals surface area contributed by atoms with E-state index in [1.807, 2.05) is 0 Å². The number of carbonyl (C=O) groups excluding carboxylic acids is 1. The van der Waals surface area contributed by atoms with Crippen molar-refractivity contribution >= 4 is 5.91 Å². The van der Waals surface area contributed by atoms with E-state index in [0.717, 1.165) is 31.5 Å². The maximum atomic E-state index is 13.2. The average Bonchev–Trinajstić information content (AvgIpc) is 2.53. The minimum absolute atomic E-state index is 0.0882. The van der Waals surface area contributed by atoms with Gasteiger partial charge in [0, 0.05) is 6.42 Å². The molecule has 1 fully saturated rings. The molecular formula is C20H31FN2O. The Morgan fingerprint density at radius 1 is 1.25 bits per heavy atom. The van der Waals surface area contributed by atoms with E-state index in [1.165, 1.54) is 12.1 Å². The standard InChI is InChI=1S/C20H31FN2O/c1-14(15-9-11-22-12-10-15)13-18(24)23-19(20(2,3)4)16-5-7-17(21)8-6-16/h5-8,14-15,19,22H,9-13H2,1-4H3,(H,23,24). The number of hydrogen-bond acceptors (Lipinski definition) is 2. The van der Waals surface area contributed by atoms with Crippen molar-refractivity contribution in [3.8, 4) is 0 Å². The molecule has 3 nitrogen and oxygen atoms in total. The van der Waals surface area contributed by atoms with Crippen LogP contribution in [-0.2, 0) is 4.79 Å². The van der Waals surface area contributed by atoms with E-state index in [-0.39, 0.29) is 23.2 Å². The quantitative estimate of drug-likeness (QED) is 0.853. The summed E-state index contributed by atoms with van der Waals surface area (Å²) in [5.74, 6) is 0.847. The van der Waals surface area contributed by atoms with Crippen molar-refractivity contribution < 1.29 is 9.18 Å². The van der Waals surface area contributed by atoms with Crippen LogP contribution >= 0.6 is 0 Å². The van der Waals surface area contributed by atoms with E-state index >= 15 is 0 Å². The fraction of sp³-hybridized carbons (Fsp3) is 0.650. The number of amides is 1. The third-order valence-corrected chi connectivity index (χ3v) is 5.07. The molecule has 2 N–H and O–H groups in total. The fourth-order valence-corrected chi connectivity index (χ4v) is 3.55. The first-order valence-corrected chi connectivity index (χ1v) is 9.03. The van der Waals surface area contributed by atoms with E-state index in [9.17, 15) is 9.18 Å². The zero-order valence-electron chi connectivity index (χ0n) is 15.4. The van der Waals surface area contributed by atoms with E-state index < -0.39 is 0 Å². The summed E-state index contributed by atoms with van der Waals surface area (Å²) >= 11 is 0. The third kappa shape index (κ3) is 5.30. The lowest BCUT2D eigenvalue weighted by Gasteiger charge is -2.33. The summed E-state index contributed by atoms with van der Waals surface area (Å²) in [6, 6.07) is 6.32. The summed E-state index contributed by atoms with van der Waals surface area (Å²) in [6.45, 7) is 10.6. The zero-order valence-corrected chi connectivity index (χ0v) is 15.4. The zero-order chi connectivity index (χ0) is 17.7. The Balaban J connectivity index is 2.00. The van der Waals surface area contributed by atoms with Gasteiger partial charge in [0.25, 0.3) is 0 Å². The van der Waals surface area contributed by atoms with Gasteiger partial charge >= 0.3 is 0 Å². The van der Waals surface area contributed by atoms with Crippen molar-refractivity contribution in [1.29, 1.82) is 0 Å². The Bertz CT molecular complexity index is 530. The maximum Gasteiger partial charge on any atom is 0.220 e. The van der Waals surface area contributed by atoms with Gasteiger partial charge in [0.05, 0.1) is 6.04 Å². The second kappa shape index (κ2) is 8.11. The first-order valence-electron chi connectivity index (χ1n) is 9.03. The van der Waals surface area contributed by atoms with Crippen LogP contribution in [-0.4, -0.2) is 19.0 Å². The van der Waals surface area contributed by atoms with Crippen LogP contribution in [0.4, 0.5) is 4.39 Å². The maximum absolute atomic E-state index is 13.2. The molecule has 1 aliphatic rings. The molecule has 1 amide bonds. The van der Waals surface area contributed by atoms with Crippen LogP contribution in [0.25, 0.3) is 0 Å². The number of carbonyl (C=O) groups is 1. The predicted molar refractivity (Wildman–Crippen MR) is 96.1 cm³/mol. The van der Waals surface area contributed by atoms with Crippen LogP contribution in [0.3, 0.4) is 0 Å². The molecule has 2 unspecified atom stereocenters. The van der Waals surface area contributed by atoms with Crippen molar-refractivity contribution in [2.75, 3.05) is 13.1 Å². The lowest BCUT2D eigenvalue weighted by molar-refractivity contribution is -0.123. The number of nitrogens with one attached hydrogen (secondary N) is 2. The highest BCUT2D eigenvalue weighted by Gasteiger charge is 2.29. The van der Waals surface area contributed by atoms with Gasteiger partial charge < -0.3 is 10.6 Å². The summed E-state index contributed by atoms with van der Waals surface area (Å²) in [5.41, 5.74) is 0.817. The van der Waals surface area contributed by atoms with Crippen molar-refractivity contribution in [3.63, 3.8) is 0 Å². The Labute approximate surface area is 145 Å². The van der Waals surface area contributed by atoms with Gasteiger partial charge in [-0.3, -0.25) is 4.79 Å². The second-order valence-corrected chi connectivity index (χ2v) is 8.19. The highest BCUT2D eigenvalue weighted by Crippen LogP contribution is 2.33. The van der Waals surface area contributed by atoms with Gasteiger partial charge in [0.1, 0.15) is 5.82 Å². The molecule has 0 aliphatic carbocycles. The van der Waals surface area contributed by atoms with E-state index in [4.69, 9.17) is 0 Å². The minimum atomic E-state index is -0.253. The Morgan fingerprint density at radius 3 is 2.38 bits per heavy atom. The highest BCUT2D eigenvalue weighted by atomic mass is 19.1. The SMILES string of the molecule is CC(CC(=O)NC(c1ccc(F)cc1)C(C)(C)C)C1CCNCC1. The van der Waals surface area contributed by atoms with Crippen molar-refractivity contribution in [2.45, 2.75) is 53.0 Å². The van der Waals surface area contributed by atoms with Gasteiger partial charge in [0.15, 0.2) is 0 Å². The van der Waals surface area contributed by atoms with Crippen LogP contribution in [0.2, 0.25) is 0 Å². The van der Waals surface area contributed by atoms with E-state index in [0.29, 0.717) is 18.3 Å². The summed E-state index contributed by atoms with van der Waals surface area (Å²) in [4.78, 5) is 12.6. The van der Waals surface area contributed by atoms with Gasteiger partial charge in [0.2, 0.25) is 5.91 Å². The van der Waals surface area contributed by atoms with Gasteiger partial charge in [-0.05, 0) is 60.9 Å². The van der Waals surface area contributed by atoms with Crippen LogP contribution < -0.4 is 10.6 Å². The summed E-state index contributed by atoms with van der Waals surface area (Å²) < 4.78 is 13.2. The molecule has 2 rings (SSSR count). The van der Waals surface area contributed by atoms with Crippen LogP contribution in [0.1, 0.15) is 58.6 Å². The van der Waals surface area contributed by atoms with E-state index in [2.05, 4.69) is 38.3 Å². The Kier molecular flexibility index (Phi) is 6.39. The lowest BCUT2D eigenvalue weighted by Crippen LogP contribution is -2.38. The Hall–Kier alpha value is -1.42. The summed E-state index contributed by atoms with van der Waals surface area (Å²) in [6.07, 6.45) is 2.85. The number of hydrogen-bond donors (Lipinski definition) is 2.